The molecule has 1 aliphatic carbocycles. The molecular formula is C24H28N4O5S. The third kappa shape index (κ3) is 4.74. The zero-order valence-corrected chi connectivity index (χ0v) is 20.2. The number of anilines is 2. The van der Waals surface area contributed by atoms with Crippen LogP contribution in [0.3, 0.4) is 0 Å². The normalized spacial score (nSPS) is 19.4. The van der Waals surface area contributed by atoms with Crippen LogP contribution in [-0.2, 0) is 20.8 Å². The van der Waals surface area contributed by atoms with E-state index in [1.165, 1.54) is 12.7 Å². The number of hydrogen-bond acceptors (Lipinski definition) is 9. The maximum Gasteiger partial charge on any atom is 0.410 e. The average molecular weight is 485 g/mol. The van der Waals surface area contributed by atoms with E-state index in [-0.39, 0.29) is 12.2 Å². The van der Waals surface area contributed by atoms with Gasteiger partial charge in [-0.3, -0.25) is 0 Å². The SMILES string of the molecule is COC(=O)c1cc(CN2CCOC2=O)ccc1NC(=C1CC1)c1csc(N2CC[C@H](OC)C2)n1. The summed E-state index contributed by atoms with van der Waals surface area (Å²) in [7, 11) is 3.12. The van der Waals surface area contributed by atoms with E-state index in [0.717, 1.165) is 54.4 Å². The lowest BCUT2D eigenvalue weighted by atomic mass is 10.1. The fraction of sp³-hybridized carbons (Fsp3) is 0.458. The molecule has 0 unspecified atom stereocenters. The highest BCUT2D eigenvalue weighted by Gasteiger charge is 2.28. The van der Waals surface area contributed by atoms with Gasteiger partial charge in [-0.25, -0.2) is 14.6 Å². The van der Waals surface area contributed by atoms with Crippen molar-refractivity contribution in [3.8, 4) is 0 Å². The van der Waals surface area contributed by atoms with Gasteiger partial charge in [0.1, 0.15) is 6.61 Å². The van der Waals surface area contributed by atoms with Gasteiger partial charge in [0, 0.05) is 32.1 Å². The van der Waals surface area contributed by atoms with E-state index in [2.05, 4.69) is 15.6 Å². The van der Waals surface area contributed by atoms with Crippen LogP contribution >= 0.6 is 11.3 Å². The second-order valence-corrected chi connectivity index (χ2v) is 9.46. The molecule has 1 aromatic heterocycles. The number of amides is 1. The van der Waals surface area contributed by atoms with E-state index >= 15 is 0 Å². The van der Waals surface area contributed by atoms with Crippen molar-refractivity contribution < 1.29 is 23.8 Å². The number of carbonyl (C=O) groups excluding carboxylic acids is 2. The van der Waals surface area contributed by atoms with E-state index in [0.29, 0.717) is 30.9 Å². The monoisotopic (exact) mass is 484 g/mol. The van der Waals surface area contributed by atoms with E-state index < -0.39 is 5.97 Å². The van der Waals surface area contributed by atoms with Gasteiger partial charge in [0.15, 0.2) is 5.13 Å². The van der Waals surface area contributed by atoms with Gasteiger partial charge in [-0.05, 0) is 42.5 Å². The molecule has 34 heavy (non-hydrogen) atoms. The quantitative estimate of drug-likeness (QED) is 0.567. The first-order chi connectivity index (χ1) is 16.6. The van der Waals surface area contributed by atoms with Gasteiger partial charge >= 0.3 is 12.1 Å². The Morgan fingerprint density at radius 1 is 1.29 bits per heavy atom. The Bertz CT molecular complexity index is 1120. The van der Waals surface area contributed by atoms with Crippen LogP contribution in [0.4, 0.5) is 15.6 Å². The minimum Gasteiger partial charge on any atom is -0.465 e. The Morgan fingerprint density at radius 3 is 2.82 bits per heavy atom. The number of nitrogens with one attached hydrogen (secondary N) is 1. The molecule has 2 saturated heterocycles. The van der Waals surface area contributed by atoms with Crippen LogP contribution in [0.1, 0.15) is 40.9 Å². The number of carbonyl (C=O) groups is 2. The van der Waals surface area contributed by atoms with E-state index in [1.54, 1.807) is 29.4 Å². The molecule has 0 spiro atoms. The first-order valence-electron chi connectivity index (χ1n) is 11.4. The highest BCUT2D eigenvalue weighted by atomic mass is 32.1. The number of rotatable bonds is 8. The molecule has 3 aliphatic rings. The minimum absolute atomic E-state index is 0.246. The summed E-state index contributed by atoms with van der Waals surface area (Å²) in [6.07, 6.45) is 2.93. The topological polar surface area (TPSA) is 93.2 Å². The standard InChI is InChI=1S/C24H28N4O5S/c1-31-17-7-8-27(13-17)23-26-20(14-34-23)21(16-4-5-16)25-19-6-3-15(11-18(19)22(29)32-2)12-28-9-10-33-24(28)30/h3,6,11,14,17,25H,4-5,7-10,12-13H2,1-2H3/t17-/m0/s1. The van der Waals surface area contributed by atoms with Crippen molar-refractivity contribution in [1.82, 2.24) is 9.88 Å². The Labute approximate surface area is 202 Å². The molecule has 2 aromatic rings. The maximum absolute atomic E-state index is 12.6. The lowest BCUT2D eigenvalue weighted by Crippen LogP contribution is -2.23. The summed E-state index contributed by atoms with van der Waals surface area (Å²) in [5.74, 6) is -0.435. The summed E-state index contributed by atoms with van der Waals surface area (Å²) in [5.41, 5.74) is 5.03. The summed E-state index contributed by atoms with van der Waals surface area (Å²) in [6, 6.07) is 5.55. The van der Waals surface area contributed by atoms with E-state index in [1.807, 2.05) is 12.1 Å². The molecule has 1 saturated carbocycles. The summed E-state index contributed by atoms with van der Waals surface area (Å²) >= 11 is 1.62. The summed E-state index contributed by atoms with van der Waals surface area (Å²) in [5, 5.41) is 6.52. The number of hydrogen-bond donors (Lipinski definition) is 1. The van der Waals surface area contributed by atoms with Gasteiger partial charge in [-0.15, -0.1) is 11.3 Å². The van der Waals surface area contributed by atoms with Gasteiger partial charge in [-0.1, -0.05) is 6.07 Å². The van der Waals surface area contributed by atoms with Gasteiger partial charge in [-0.2, -0.15) is 0 Å². The summed E-state index contributed by atoms with van der Waals surface area (Å²) in [4.78, 5) is 33.2. The van der Waals surface area contributed by atoms with Crippen LogP contribution in [0, 0.1) is 0 Å². The van der Waals surface area contributed by atoms with Crippen molar-refractivity contribution in [2.24, 2.45) is 0 Å². The Hall–Kier alpha value is -3.11. The zero-order chi connectivity index (χ0) is 23.7. The molecule has 0 bridgehead atoms. The number of allylic oxidation sites excluding steroid dienone is 1. The Balaban J connectivity index is 1.38. The van der Waals surface area contributed by atoms with Gasteiger partial charge in [0.2, 0.25) is 0 Å². The molecule has 5 rings (SSSR count). The number of ether oxygens (including phenoxy) is 3. The van der Waals surface area contributed by atoms with E-state index in [4.69, 9.17) is 19.2 Å². The molecule has 10 heteroatoms. The lowest BCUT2D eigenvalue weighted by molar-refractivity contribution is 0.0601. The number of methoxy groups -OCH3 is 2. The van der Waals surface area contributed by atoms with Gasteiger partial charge in [0.25, 0.3) is 0 Å². The predicted octanol–water partition coefficient (Wildman–Crippen LogP) is 3.72. The maximum atomic E-state index is 12.6. The highest BCUT2D eigenvalue weighted by molar-refractivity contribution is 7.13. The second kappa shape index (κ2) is 9.63. The number of nitrogens with zero attached hydrogens (tertiary/aromatic N) is 3. The molecule has 3 heterocycles. The first-order valence-corrected chi connectivity index (χ1v) is 12.3. The minimum atomic E-state index is -0.435. The second-order valence-electron chi connectivity index (χ2n) is 8.62. The lowest BCUT2D eigenvalue weighted by Gasteiger charge is -2.17. The molecule has 2 aliphatic heterocycles. The Kier molecular flexibility index (Phi) is 6.42. The first kappa shape index (κ1) is 22.7. The Morgan fingerprint density at radius 2 is 2.15 bits per heavy atom. The number of thiazole rings is 1. The zero-order valence-electron chi connectivity index (χ0n) is 19.3. The van der Waals surface area contributed by atoms with Crippen molar-refractivity contribution >= 4 is 39.9 Å². The molecule has 1 N–H and O–H groups in total. The van der Waals surface area contributed by atoms with Crippen LogP contribution in [0.5, 0.6) is 0 Å². The average Bonchev–Trinajstić information content (AvgIpc) is 3.21. The molecule has 1 amide bonds. The van der Waals surface area contributed by atoms with Crippen molar-refractivity contribution in [3.63, 3.8) is 0 Å². The molecule has 180 valence electrons. The molecule has 0 radical (unpaired) electrons. The molecule has 9 nitrogen and oxygen atoms in total. The fourth-order valence-corrected chi connectivity index (χ4v) is 5.12. The number of benzene rings is 1. The van der Waals surface area contributed by atoms with Crippen LogP contribution in [0.15, 0.2) is 29.2 Å². The van der Waals surface area contributed by atoms with Crippen LogP contribution < -0.4 is 10.2 Å². The third-order valence-electron chi connectivity index (χ3n) is 6.32. The summed E-state index contributed by atoms with van der Waals surface area (Å²) < 4.78 is 15.5. The molecule has 1 atom stereocenters. The molecule has 3 fully saturated rings. The van der Waals surface area contributed by atoms with E-state index in [9.17, 15) is 9.59 Å². The molecular weight excluding hydrogens is 456 g/mol. The number of esters is 1. The van der Waals surface area contributed by atoms with Crippen molar-refractivity contribution in [2.75, 3.05) is 50.7 Å². The van der Waals surface area contributed by atoms with Crippen molar-refractivity contribution in [3.05, 3.63) is 46.0 Å². The summed E-state index contributed by atoms with van der Waals surface area (Å²) in [6.45, 7) is 3.09. The third-order valence-corrected chi connectivity index (χ3v) is 7.22. The van der Waals surface area contributed by atoms with Gasteiger partial charge < -0.3 is 29.3 Å². The largest absolute Gasteiger partial charge is 0.465 e. The van der Waals surface area contributed by atoms with Gasteiger partial charge in [0.05, 0.1) is 42.4 Å². The van der Waals surface area contributed by atoms with Crippen LogP contribution in [0.25, 0.3) is 5.70 Å². The van der Waals surface area contributed by atoms with Crippen molar-refractivity contribution in [1.29, 1.82) is 0 Å². The smallest absolute Gasteiger partial charge is 0.410 e. The highest BCUT2D eigenvalue weighted by Crippen LogP contribution is 2.39. The number of cyclic esters (lactones) is 1. The number of aromatic nitrogens is 1. The fourth-order valence-electron chi connectivity index (χ4n) is 4.27. The molecule has 1 aromatic carbocycles. The van der Waals surface area contributed by atoms with Crippen LogP contribution in [-0.4, -0.2) is 68.5 Å². The van der Waals surface area contributed by atoms with Crippen molar-refractivity contribution in [2.45, 2.75) is 31.9 Å². The predicted molar refractivity (Wildman–Crippen MR) is 129 cm³/mol. The van der Waals surface area contributed by atoms with Crippen LogP contribution in [0.2, 0.25) is 0 Å².